The van der Waals surface area contributed by atoms with Gasteiger partial charge in [0.05, 0.1) is 0 Å². The molecule has 0 N–H and O–H groups in total. The summed E-state index contributed by atoms with van der Waals surface area (Å²) in [6.45, 7) is 3.67. The van der Waals surface area contributed by atoms with E-state index in [-0.39, 0.29) is 0 Å². The lowest BCUT2D eigenvalue weighted by Crippen LogP contribution is -2.27. The van der Waals surface area contributed by atoms with E-state index in [1.165, 1.54) is 19.5 Å². The van der Waals surface area contributed by atoms with Crippen LogP contribution in [0.1, 0.15) is 6.42 Å². The van der Waals surface area contributed by atoms with Crippen molar-refractivity contribution in [2.24, 2.45) is 17.0 Å². The second-order valence-electron chi connectivity index (χ2n) is 3.51. The van der Waals surface area contributed by atoms with Crippen molar-refractivity contribution < 1.29 is 4.84 Å². The first kappa shape index (κ1) is 8.51. The molecule has 2 fully saturated rings. The minimum atomic E-state index is 0.582. The van der Waals surface area contributed by atoms with Gasteiger partial charge in [-0.1, -0.05) is 5.16 Å². The smallest absolute Gasteiger partial charge is 0.127 e. The fourth-order valence-corrected chi connectivity index (χ4v) is 2.87. The Morgan fingerprint density at radius 3 is 2.92 bits per heavy atom. The maximum atomic E-state index is 4.75. The predicted octanol–water partition coefficient (Wildman–Crippen LogP) is 1.29. The van der Waals surface area contributed by atoms with Gasteiger partial charge in [-0.05, 0) is 34.8 Å². The summed E-state index contributed by atoms with van der Waals surface area (Å²) in [5.74, 6) is 1.39. The molecule has 0 saturated carbocycles. The first-order valence-electron chi connectivity index (χ1n) is 4.30. The number of hydrogen-bond donors (Lipinski definition) is 0. The van der Waals surface area contributed by atoms with Gasteiger partial charge in [-0.15, -0.1) is 0 Å². The Balaban J connectivity index is 2.02. The predicted molar refractivity (Wildman–Crippen MR) is 51.4 cm³/mol. The second kappa shape index (κ2) is 3.34. The van der Waals surface area contributed by atoms with Crippen molar-refractivity contribution in [3.05, 3.63) is 0 Å². The molecule has 2 heterocycles. The van der Waals surface area contributed by atoms with E-state index in [4.69, 9.17) is 4.84 Å². The van der Waals surface area contributed by atoms with E-state index >= 15 is 0 Å². The van der Waals surface area contributed by atoms with Gasteiger partial charge in [0.15, 0.2) is 0 Å². The molecular formula is C8H13BrN2O. The van der Waals surface area contributed by atoms with Crippen LogP contribution in [0.3, 0.4) is 0 Å². The molecule has 2 rings (SSSR count). The number of hydrogen-bond acceptors (Lipinski definition) is 3. The Morgan fingerprint density at radius 1 is 1.58 bits per heavy atom. The van der Waals surface area contributed by atoms with Crippen LogP contribution in [-0.2, 0) is 4.84 Å². The van der Waals surface area contributed by atoms with Gasteiger partial charge in [-0.25, -0.2) is 0 Å². The minimum Gasteiger partial charge on any atom is -0.398 e. The molecule has 4 heteroatoms. The molecule has 2 aliphatic heterocycles. The number of halogens is 1. The molecule has 3 unspecified atom stereocenters. The van der Waals surface area contributed by atoms with Crippen molar-refractivity contribution in [1.29, 1.82) is 0 Å². The Morgan fingerprint density at radius 2 is 2.42 bits per heavy atom. The van der Waals surface area contributed by atoms with Crippen molar-refractivity contribution in [3.8, 4) is 0 Å². The third kappa shape index (κ3) is 1.38. The average Bonchev–Trinajstić information content (AvgIpc) is 2.64. The Hall–Kier alpha value is -0.0900. The van der Waals surface area contributed by atoms with Gasteiger partial charge in [0.1, 0.15) is 11.7 Å². The zero-order chi connectivity index (χ0) is 8.55. The van der Waals surface area contributed by atoms with E-state index in [1.54, 1.807) is 7.11 Å². The van der Waals surface area contributed by atoms with Gasteiger partial charge in [0.25, 0.3) is 0 Å². The van der Waals surface area contributed by atoms with Crippen molar-refractivity contribution in [2.75, 3.05) is 26.7 Å². The van der Waals surface area contributed by atoms with Gasteiger partial charge in [-0.2, -0.15) is 0 Å². The zero-order valence-corrected chi connectivity index (χ0v) is 8.75. The fourth-order valence-electron chi connectivity index (χ4n) is 2.21. The Kier molecular flexibility index (Phi) is 2.37. The molecule has 0 spiro atoms. The molecule has 3 atom stereocenters. The van der Waals surface area contributed by atoms with Gasteiger partial charge in [0, 0.05) is 19.0 Å². The van der Waals surface area contributed by atoms with Gasteiger partial charge < -0.3 is 9.74 Å². The quantitative estimate of drug-likeness (QED) is 0.530. The van der Waals surface area contributed by atoms with Crippen LogP contribution in [0.15, 0.2) is 5.16 Å². The van der Waals surface area contributed by atoms with Gasteiger partial charge in [0.2, 0.25) is 0 Å². The molecule has 0 aliphatic carbocycles. The standard InChI is InChI=1S/C8H13BrN2O/c1-12-10-8(9)7-5-11-3-2-6(7)4-11/h6-7H,2-5H2,1H3/b10-8-. The van der Waals surface area contributed by atoms with Crippen LogP contribution in [-0.4, -0.2) is 36.3 Å². The van der Waals surface area contributed by atoms with Crippen LogP contribution in [0.2, 0.25) is 0 Å². The minimum absolute atomic E-state index is 0.582. The summed E-state index contributed by atoms with van der Waals surface area (Å²) in [4.78, 5) is 7.23. The molecule has 2 aliphatic rings. The highest BCUT2D eigenvalue weighted by Gasteiger charge is 2.40. The van der Waals surface area contributed by atoms with E-state index in [2.05, 4.69) is 26.0 Å². The molecule has 0 aromatic carbocycles. The maximum Gasteiger partial charge on any atom is 0.127 e. The monoisotopic (exact) mass is 232 g/mol. The highest BCUT2D eigenvalue weighted by Crippen LogP contribution is 2.34. The third-order valence-electron chi connectivity index (χ3n) is 2.82. The summed E-state index contributed by atoms with van der Waals surface area (Å²) in [5, 5.41) is 3.93. The summed E-state index contributed by atoms with van der Waals surface area (Å²) in [7, 11) is 1.59. The van der Waals surface area contributed by atoms with Crippen LogP contribution in [0.5, 0.6) is 0 Å². The summed E-state index contributed by atoms with van der Waals surface area (Å²) < 4.78 is 0.984. The van der Waals surface area contributed by atoms with E-state index < -0.39 is 0 Å². The molecule has 0 aromatic heterocycles. The maximum absolute atomic E-state index is 4.75. The molecule has 12 heavy (non-hydrogen) atoms. The van der Waals surface area contributed by atoms with Gasteiger partial charge in [-0.3, -0.25) is 0 Å². The van der Waals surface area contributed by atoms with Crippen LogP contribution in [0.4, 0.5) is 0 Å². The lowest BCUT2D eigenvalue weighted by atomic mass is 9.94. The van der Waals surface area contributed by atoms with E-state index in [9.17, 15) is 0 Å². The van der Waals surface area contributed by atoms with Crippen molar-refractivity contribution >= 4 is 20.6 Å². The van der Waals surface area contributed by atoms with E-state index in [0.29, 0.717) is 5.92 Å². The first-order valence-corrected chi connectivity index (χ1v) is 5.09. The number of nitrogens with zero attached hydrogens (tertiary/aromatic N) is 2. The van der Waals surface area contributed by atoms with E-state index in [0.717, 1.165) is 17.1 Å². The van der Waals surface area contributed by atoms with Crippen LogP contribution < -0.4 is 0 Å². The van der Waals surface area contributed by atoms with Gasteiger partial charge >= 0.3 is 0 Å². The van der Waals surface area contributed by atoms with Crippen molar-refractivity contribution in [3.63, 3.8) is 0 Å². The molecule has 2 bridgehead atoms. The molecular weight excluding hydrogens is 220 g/mol. The highest BCUT2D eigenvalue weighted by molar-refractivity contribution is 9.18. The fraction of sp³-hybridized carbons (Fsp3) is 0.875. The summed E-state index contributed by atoms with van der Waals surface area (Å²) in [6, 6.07) is 0. The largest absolute Gasteiger partial charge is 0.398 e. The average molecular weight is 233 g/mol. The van der Waals surface area contributed by atoms with Crippen LogP contribution in [0.25, 0.3) is 0 Å². The second-order valence-corrected chi connectivity index (χ2v) is 4.32. The Bertz CT molecular complexity index is 207. The molecule has 2 saturated heterocycles. The number of rotatable bonds is 2. The van der Waals surface area contributed by atoms with Crippen molar-refractivity contribution in [1.82, 2.24) is 4.90 Å². The summed E-state index contributed by atoms with van der Waals surface area (Å²) >= 11 is 3.46. The lowest BCUT2D eigenvalue weighted by Gasteiger charge is -2.19. The van der Waals surface area contributed by atoms with Crippen LogP contribution >= 0.6 is 15.9 Å². The SMILES string of the molecule is CO/N=C(\Br)C1CN2CCC1C2. The molecule has 0 radical (unpaired) electrons. The molecule has 0 amide bonds. The lowest BCUT2D eigenvalue weighted by molar-refractivity contribution is 0.211. The van der Waals surface area contributed by atoms with E-state index in [1.807, 2.05) is 0 Å². The highest BCUT2D eigenvalue weighted by atomic mass is 79.9. The number of oxime groups is 1. The third-order valence-corrected chi connectivity index (χ3v) is 3.55. The molecule has 3 nitrogen and oxygen atoms in total. The van der Waals surface area contributed by atoms with Crippen molar-refractivity contribution in [2.45, 2.75) is 6.42 Å². The molecule has 68 valence electrons. The molecule has 0 aromatic rings. The first-order chi connectivity index (χ1) is 5.81. The number of piperidine rings is 1. The summed E-state index contributed by atoms with van der Waals surface area (Å²) in [5.41, 5.74) is 0. The Labute approximate surface area is 80.9 Å². The normalized spacial score (nSPS) is 40.5. The van der Waals surface area contributed by atoms with Crippen LogP contribution in [0, 0.1) is 11.8 Å². The number of fused-ring (bicyclic) bond motifs is 2. The summed E-state index contributed by atoms with van der Waals surface area (Å²) in [6.07, 6.45) is 1.32. The zero-order valence-electron chi connectivity index (χ0n) is 7.16. The topological polar surface area (TPSA) is 24.8 Å².